The first-order chi connectivity index (χ1) is 7.66. The number of thiazole rings is 1. The van der Waals surface area contributed by atoms with Crippen molar-refractivity contribution in [2.24, 2.45) is 5.73 Å². The molecule has 0 aliphatic carbocycles. The van der Waals surface area contributed by atoms with Crippen LogP contribution >= 0.6 is 11.3 Å². The second-order valence-corrected chi connectivity index (χ2v) is 4.14. The Hall–Kier alpha value is -1.73. The number of nitrogens with zero attached hydrogens (tertiary/aromatic N) is 2. The van der Waals surface area contributed by atoms with E-state index < -0.39 is 0 Å². The quantitative estimate of drug-likeness (QED) is 0.745. The van der Waals surface area contributed by atoms with Crippen molar-refractivity contribution in [1.82, 2.24) is 15.0 Å². The minimum absolute atomic E-state index is 0.157. The van der Waals surface area contributed by atoms with Crippen LogP contribution in [0.2, 0.25) is 0 Å². The molecule has 0 aromatic carbocycles. The van der Waals surface area contributed by atoms with Crippen LogP contribution < -0.4 is 11.1 Å². The Balaban J connectivity index is 2.09. The number of amides is 1. The van der Waals surface area contributed by atoms with Gasteiger partial charge in [-0.2, -0.15) is 0 Å². The van der Waals surface area contributed by atoms with Gasteiger partial charge in [0.1, 0.15) is 10.7 Å². The first-order valence-electron chi connectivity index (χ1n) is 4.68. The molecule has 0 bridgehead atoms. The number of anilines is 1. The molecule has 0 radical (unpaired) electrons. The summed E-state index contributed by atoms with van der Waals surface area (Å²) in [6.45, 7) is 1.83. The van der Waals surface area contributed by atoms with Gasteiger partial charge >= 0.3 is 0 Å². The summed E-state index contributed by atoms with van der Waals surface area (Å²) in [4.78, 5) is 22.5. The van der Waals surface area contributed by atoms with E-state index in [-0.39, 0.29) is 11.9 Å². The van der Waals surface area contributed by atoms with Crippen LogP contribution in [0, 0.1) is 0 Å². The summed E-state index contributed by atoms with van der Waals surface area (Å²) in [5, 5.41) is 5.01. The molecule has 1 amide bonds. The lowest BCUT2D eigenvalue weighted by atomic mass is 10.4. The van der Waals surface area contributed by atoms with Crippen molar-refractivity contribution in [1.29, 1.82) is 0 Å². The summed E-state index contributed by atoms with van der Waals surface area (Å²) in [7, 11) is 0. The van der Waals surface area contributed by atoms with Crippen molar-refractivity contribution in [3.05, 3.63) is 28.5 Å². The minimum atomic E-state index is -0.293. The van der Waals surface area contributed by atoms with Gasteiger partial charge in [0.05, 0.1) is 6.04 Å². The normalized spacial score (nSPS) is 12.4. The third kappa shape index (κ3) is 2.26. The smallest absolute Gasteiger partial charge is 0.277 e. The molecular formula is C9H11N5OS. The summed E-state index contributed by atoms with van der Waals surface area (Å²) >= 11 is 1.37. The third-order valence-electron chi connectivity index (χ3n) is 1.87. The van der Waals surface area contributed by atoms with E-state index in [1.807, 2.05) is 6.92 Å². The second-order valence-electron chi connectivity index (χ2n) is 3.25. The van der Waals surface area contributed by atoms with Gasteiger partial charge in [0.25, 0.3) is 5.91 Å². The van der Waals surface area contributed by atoms with Gasteiger partial charge in [0.15, 0.2) is 0 Å². The van der Waals surface area contributed by atoms with Crippen LogP contribution in [0.4, 0.5) is 5.95 Å². The number of aromatic nitrogens is 3. The molecule has 2 aromatic rings. The Bertz CT molecular complexity index is 476. The Morgan fingerprint density at radius 1 is 1.69 bits per heavy atom. The molecule has 0 aliphatic heterocycles. The van der Waals surface area contributed by atoms with Crippen molar-refractivity contribution in [3.8, 4) is 0 Å². The van der Waals surface area contributed by atoms with Crippen molar-refractivity contribution in [3.63, 3.8) is 0 Å². The standard InChI is InChI=1S/C9H11N5OS/c1-5(10)8-13-6(4-16-8)7(15)14-9-11-2-3-12-9/h2-5H,10H2,1H3,(H2,11,12,14,15). The van der Waals surface area contributed by atoms with Gasteiger partial charge in [-0.3, -0.25) is 10.1 Å². The summed E-state index contributed by atoms with van der Waals surface area (Å²) in [6.07, 6.45) is 3.19. The first kappa shape index (κ1) is 10.8. The van der Waals surface area contributed by atoms with Crippen molar-refractivity contribution >= 4 is 23.2 Å². The lowest BCUT2D eigenvalue weighted by Crippen LogP contribution is -2.14. The number of aromatic amines is 1. The molecule has 2 rings (SSSR count). The lowest BCUT2D eigenvalue weighted by molar-refractivity contribution is 0.102. The molecule has 0 aliphatic rings. The fourth-order valence-corrected chi connectivity index (χ4v) is 1.86. The average Bonchev–Trinajstić information content (AvgIpc) is 2.86. The molecular weight excluding hydrogens is 226 g/mol. The van der Waals surface area contributed by atoms with Crippen LogP contribution in [0.5, 0.6) is 0 Å². The van der Waals surface area contributed by atoms with Crippen LogP contribution in [0.15, 0.2) is 17.8 Å². The number of nitrogens with one attached hydrogen (secondary N) is 2. The van der Waals surface area contributed by atoms with Gasteiger partial charge in [-0.1, -0.05) is 0 Å². The van der Waals surface area contributed by atoms with Crippen LogP contribution in [-0.2, 0) is 0 Å². The summed E-state index contributed by atoms with van der Waals surface area (Å²) in [5.41, 5.74) is 6.02. The second kappa shape index (κ2) is 4.42. The van der Waals surface area contributed by atoms with Crippen LogP contribution in [0.1, 0.15) is 28.5 Å². The van der Waals surface area contributed by atoms with Crippen LogP contribution in [-0.4, -0.2) is 20.9 Å². The number of imidazole rings is 1. The number of nitrogens with two attached hydrogens (primary N) is 1. The molecule has 6 nitrogen and oxygen atoms in total. The highest BCUT2D eigenvalue weighted by Crippen LogP contribution is 2.16. The molecule has 2 aromatic heterocycles. The predicted molar refractivity (Wildman–Crippen MR) is 61.3 cm³/mol. The zero-order valence-corrected chi connectivity index (χ0v) is 9.41. The molecule has 2 heterocycles. The fraction of sp³-hybridized carbons (Fsp3) is 0.222. The average molecular weight is 237 g/mol. The third-order valence-corrected chi connectivity index (χ3v) is 2.92. The van der Waals surface area contributed by atoms with Crippen molar-refractivity contribution < 1.29 is 4.79 Å². The van der Waals surface area contributed by atoms with Gasteiger partial charge in [-0.05, 0) is 6.92 Å². The van der Waals surface area contributed by atoms with E-state index in [2.05, 4.69) is 20.3 Å². The van der Waals surface area contributed by atoms with E-state index in [9.17, 15) is 4.79 Å². The van der Waals surface area contributed by atoms with Crippen LogP contribution in [0.3, 0.4) is 0 Å². The number of H-pyrrole nitrogens is 1. The number of hydrogen-bond donors (Lipinski definition) is 3. The van der Waals surface area contributed by atoms with E-state index in [0.717, 1.165) is 5.01 Å². The summed E-state index contributed by atoms with van der Waals surface area (Å²) in [6, 6.07) is -0.157. The largest absolute Gasteiger partial charge is 0.331 e. The maximum absolute atomic E-state index is 11.7. The van der Waals surface area contributed by atoms with Crippen molar-refractivity contribution in [2.45, 2.75) is 13.0 Å². The molecule has 0 spiro atoms. The number of carbonyl (C=O) groups excluding carboxylic acids is 1. The molecule has 1 atom stereocenters. The zero-order valence-electron chi connectivity index (χ0n) is 8.60. The maximum Gasteiger partial charge on any atom is 0.277 e. The lowest BCUT2D eigenvalue weighted by Gasteiger charge is -1.98. The molecule has 0 saturated heterocycles. The van der Waals surface area contributed by atoms with Crippen LogP contribution in [0.25, 0.3) is 0 Å². The topological polar surface area (TPSA) is 96.7 Å². The molecule has 16 heavy (non-hydrogen) atoms. The van der Waals surface area contributed by atoms with E-state index in [1.165, 1.54) is 11.3 Å². The zero-order chi connectivity index (χ0) is 11.5. The highest BCUT2D eigenvalue weighted by molar-refractivity contribution is 7.09. The number of rotatable bonds is 3. The Morgan fingerprint density at radius 3 is 3.06 bits per heavy atom. The van der Waals surface area contributed by atoms with Crippen molar-refractivity contribution in [2.75, 3.05) is 5.32 Å². The van der Waals surface area contributed by atoms with Gasteiger partial charge in [-0.15, -0.1) is 11.3 Å². The molecule has 7 heteroatoms. The first-order valence-corrected chi connectivity index (χ1v) is 5.56. The highest BCUT2D eigenvalue weighted by atomic mass is 32.1. The van der Waals surface area contributed by atoms with Gasteiger partial charge in [0.2, 0.25) is 5.95 Å². The SMILES string of the molecule is CC(N)c1nc(C(=O)Nc2ncc[nH]2)cs1. The van der Waals surface area contributed by atoms with E-state index in [1.54, 1.807) is 17.8 Å². The number of carbonyl (C=O) groups is 1. The fourth-order valence-electron chi connectivity index (χ4n) is 1.11. The van der Waals surface area contributed by atoms with E-state index in [0.29, 0.717) is 11.6 Å². The summed E-state index contributed by atoms with van der Waals surface area (Å²) in [5.74, 6) is 0.110. The van der Waals surface area contributed by atoms with E-state index >= 15 is 0 Å². The van der Waals surface area contributed by atoms with E-state index in [4.69, 9.17) is 5.73 Å². The Morgan fingerprint density at radius 2 is 2.50 bits per heavy atom. The number of hydrogen-bond acceptors (Lipinski definition) is 5. The molecule has 0 saturated carbocycles. The Labute approximate surface area is 95.9 Å². The summed E-state index contributed by atoms with van der Waals surface area (Å²) < 4.78 is 0. The monoisotopic (exact) mass is 237 g/mol. The molecule has 0 fully saturated rings. The molecule has 4 N–H and O–H groups in total. The molecule has 84 valence electrons. The predicted octanol–water partition coefficient (Wildman–Crippen LogP) is 1.14. The maximum atomic E-state index is 11.7. The Kier molecular flexibility index (Phi) is 2.97. The minimum Gasteiger partial charge on any atom is -0.331 e. The van der Waals surface area contributed by atoms with Gasteiger partial charge < -0.3 is 10.7 Å². The molecule has 1 unspecified atom stereocenters. The van der Waals surface area contributed by atoms with Gasteiger partial charge in [0, 0.05) is 17.8 Å². The van der Waals surface area contributed by atoms with Gasteiger partial charge in [-0.25, -0.2) is 9.97 Å². The highest BCUT2D eigenvalue weighted by Gasteiger charge is 2.13.